The van der Waals surface area contributed by atoms with Crippen molar-refractivity contribution in [3.05, 3.63) is 77.2 Å². The van der Waals surface area contributed by atoms with Crippen LogP contribution in [0.15, 0.2) is 47.5 Å². The summed E-state index contributed by atoms with van der Waals surface area (Å²) in [6, 6.07) is 12.8. The van der Waals surface area contributed by atoms with Crippen LogP contribution in [0.5, 0.6) is 5.75 Å². The number of nitrogens with one attached hydrogen (secondary N) is 1. The number of hydrogen-bond acceptors (Lipinski definition) is 6. The van der Waals surface area contributed by atoms with E-state index in [0.29, 0.717) is 42.2 Å². The van der Waals surface area contributed by atoms with Gasteiger partial charge in [-0.2, -0.15) is 0 Å². The van der Waals surface area contributed by atoms with Gasteiger partial charge in [-0.3, -0.25) is 14.4 Å². The van der Waals surface area contributed by atoms with E-state index in [-0.39, 0.29) is 12.3 Å². The molecule has 0 unspecified atom stereocenters. The third-order valence-electron chi connectivity index (χ3n) is 5.71. The van der Waals surface area contributed by atoms with E-state index in [9.17, 15) is 4.79 Å². The van der Waals surface area contributed by atoms with Crippen molar-refractivity contribution in [1.82, 2.24) is 20.1 Å². The quantitative estimate of drug-likeness (QED) is 0.425. The summed E-state index contributed by atoms with van der Waals surface area (Å²) in [7, 11) is 1.63. The smallest absolute Gasteiger partial charge is 0.222 e. The maximum atomic E-state index is 12.9. The minimum Gasteiger partial charge on any atom is -0.497 e. The Morgan fingerprint density at radius 1 is 1.17 bits per heavy atom. The van der Waals surface area contributed by atoms with Gasteiger partial charge in [0.25, 0.3) is 0 Å². The lowest BCUT2D eigenvalue weighted by molar-refractivity contribution is -0.121. The molecule has 0 aliphatic carbocycles. The molecule has 1 aliphatic rings. The fourth-order valence-corrected chi connectivity index (χ4v) is 4.16. The van der Waals surface area contributed by atoms with Gasteiger partial charge in [0, 0.05) is 35.9 Å². The average molecular weight is 495 g/mol. The number of aliphatic imine (C=N–C) groups is 1. The first-order valence-corrected chi connectivity index (χ1v) is 12.0. The van der Waals surface area contributed by atoms with Crippen LogP contribution in [0.1, 0.15) is 48.1 Å². The van der Waals surface area contributed by atoms with E-state index in [1.807, 2.05) is 54.0 Å². The van der Waals surface area contributed by atoms with Crippen molar-refractivity contribution in [3.8, 4) is 11.4 Å². The molecule has 0 fully saturated rings. The molecular weight excluding hydrogens is 466 g/mol. The molecule has 183 valence electrons. The van der Waals surface area contributed by atoms with Crippen LogP contribution in [0.2, 0.25) is 5.02 Å². The molecule has 1 aromatic heterocycles. The number of aromatic nitrogens is 3. The van der Waals surface area contributed by atoms with Gasteiger partial charge in [0.05, 0.1) is 24.9 Å². The molecule has 4 rings (SSSR count). The van der Waals surface area contributed by atoms with E-state index in [1.165, 1.54) is 0 Å². The molecule has 1 N–H and O–H groups in total. The molecule has 2 aromatic carbocycles. The Kier molecular flexibility index (Phi) is 8.15. The molecule has 1 atom stereocenters. The first-order chi connectivity index (χ1) is 17.0. The monoisotopic (exact) mass is 494 g/mol. The number of aryl methyl sites for hydroxylation is 1. The van der Waals surface area contributed by atoms with Crippen molar-refractivity contribution in [2.24, 2.45) is 4.99 Å². The first-order valence-electron chi connectivity index (χ1n) is 11.6. The number of carbonyl (C=O) groups excluding carboxylic acids is 1. The predicted molar refractivity (Wildman–Crippen MR) is 136 cm³/mol. The SMILES string of the molecule is [CH2]CCOCCCNC(=O)C[C@@H]1N=C(c2ccc(Cl)cc2)c2cc(OC)ccc2-n2c(C)nnc21. The van der Waals surface area contributed by atoms with E-state index in [0.717, 1.165) is 35.4 Å². The first kappa shape index (κ1) is 24.9. The molecule has 1 aliphatic heterocycles. The van der Waals surface area contributed by atoms with Gasteiger partial charge in [0.15, 0.2) is 5.82 Å². The number of methoxy groups -OCH3 is 1. The van der Waals surface area contributed by atoms with Crippen molar-refractivity contribution >= 4 is 23.2 Å². The normalized spacial score (nSPS) is 14.5. The topological polar surface area (TPSA) is 90.6 Å². The summed E-state index contributed by atoms with van der Waals surface area (Å²) < 4.78 is 12.9. The van der Waals surface area contributed by atoms with E-state index in [4.69, 9.17) is 26.1 Å². The van der Waals surface area contributed by atoms with Crippen LogP contribution in [-0.2, 0) is 9.53 Å². The molecule has 0 bridgehead atoms. The molecule has 1 radical (unpaired) electrons. The average Bonchev–Trinajstić information content (AvgIpc) is 3.19. The van der Waals surface area contributed by atoms with Gasteiger partial charge >= 0.3 is 0 Å². The van der Waals surface area contributed by atoms with Crippen molar-refractivity contribution in [2.45, 2.75) is 32.2 Å². The van der Waals surface area contributed by atoms with Crippen molar-refractivity contribution in [3.63, 3.8) is 0 Å². The van der Waals surface area contributed by atoms with Crippen LogP contribution < -0.4 is 10.1 Å². The Hall–Kier alpha value is -3.23. The molecular formula is C26H29ClN5O3. The summed E-state index contributed by atoms with van der Waals surface area (Å²) in [6.45, 7) is 7.37. The number of fused-ring (bicyclic) bond motifs is 3. The Labute approximate surface area is 210 Å². The molecule has 9 heteroatoms. The Bertz CT molecular complexity index is 1210. The second-order valence-corrected chi connectivity index (χ2v) is 8.63. The van der Waals surface area contributed by atoms with Crippen LogP contribution in [-0.4, -0.2) is 53.3 Å². The van der Waals surface area contributed by atoms with E-state index in [1.54, 1.807) is 7.11 Å². The number of ether oxygens (including phenoxy) is 2. The number of benzene rings is 2. The summed E-state index contributed by atoms with van der Waals surface area (Å²) in [5.41, 5.74) is 3.36. The third-order valence-corrected chi connectivity index (χ3v) is 5.96. The lowest BCUT2D eigenvalue weighted by Gasteiger charge is -2.14. The zero-order chi connectivity index (χ0) is 24.8. The van der Waals surface area contributed by atoms with Gasteiger partial charge in [-0.15, -0.1) is 10.2 Å². The third kappa shape index (κ3) is 5.71. The fourth-order valence-electron chi connectivity index (χ4n) is 4.03. The lowest BCUT2D eigenvalue weighted by Crippen LogP contribution is -2.27. The maximum absolute atomic E-state index is 12.9. The Balaban J connectivity index is 1.69. The number of rotatable bonds is 10. The molecule has 3 aromatic rings. The zero-order valence-corrected chi connectivity index (χ0v) is 20.7. The summed E-state index contributed by atoms with van der Waals surface area (Å²) in [5, 5.41) is 12.3. The minimum absolute atomic E-state index is 0.109. The maximum Gasteiger partial charge on any atom is 0.222 e. The minimum atomic E-state index is -0.525. The summed E-state index contributed by atoms with van der Waals surface area (Å²) >= 11 is 6.15. The molecule has 2 heterocycles. The summed E-state index contributed by atoms with van der Waals surface area (Å²) in [4.78, 5) is 17.9. The van der Waals surface area contributed by atoms with Crippen LogP contribution in [0.4, 0.5) is 0 Å². The van der Waals surface area contributed by atoms with E-state index in [2.05, 4.69) is 22.4 Å². The van der Waals surface area contributed by atoms with Crippen molar-refractivity contribution in [1.29, 1.82) is 0 Å². The molecule has 0 spiro atoms. The fraction of sp³-hybridized carbons (Fsp3) is 0.346. The number of carbonyl (C=O) groups is 1. The molecule has 0 saturated carbocycles. The highest BCUT2D eigenvalue weighted by molar-refractivity contribution is 6.30. The zero-order valence-electron chi connectivity index (χ0n) is 20.0. The number of nitrogens with zero attached hydrogens (tertiary/aromatic N) is 4. The molecule has 35 heavy (non-hydrogen) atoms. The van der Waals surface area contributed by atoms with Gasteiger partial charge in [-0.1, -0.05) is 30.7 Å². The van der Waals surface area contributed by atoms with E-state index >= 15 is 0 Å². The highest BCUT2D eigenvalue weighted by Gasteiger charge is 2.30. The standard InChI is InChI=1S/C26H29ClN5O3/c1-4-13-35-14-5-12-28-24(33)16-22-26-31-30-17(2)32(26)23-11-10-20(34-3)15-21(23)25(29-22)18-6-8-19(27)9-7-18/h6-11,15,22H,1,4-5,12-14,16H2,2-3H3,(H,28,33)/t22-/m0/s1. The highest BCUT2D eigenvalue weighted by atomic mass is 35.5. The largest absolute Gasteiger partial charge is 0.497 e. The van der Waals surface area contributed by atoms with Gasteiger partial charge in [-0.05, 0) is 50.1 Å². The molecule has 8 nitrogen and oxygen atoms in total. The summed E-state index contributed by atoms with van der Waals surface area (Å²) in [5.74, 6) is 1.93. The predicted octanol–water partition coefficient (Wildman–Crippen LogP) is 4.27. The highest BCUT2D eigenvalue weighted by Crippen LogP contribution is 2.34. The number of hydrogen-bond donors (Lipinski definition) is 1. The number of halogens is 1. The second kappa shape index (κ2) is 11.5. The van der Waals surface area contributed by atoms with Gasteiger partial charge in [0.1, 0.15) is 17.6 Å². The van der Waals surface area contributed by atoms with Gasteiger partial charge < -0.3 is 14.8 Å². The van der Waals surface area contributed by atoms with Gasteiger partial charge in [-0.25, -0.2) is 0 Å². The second-order valence-electron chi connectivity index (χ2n) is 8.20. The number of amides is 1. The lowest BCUT2D eigenvalue weighted by atomic mass is 10.00. The van der Waals surface area contributed by atoms with E-state index < -0.39 is 6.04 Å². The van der Waals surface area contributed by atoms with Gasteiger partial charge in [0.2, 0.25) is 5.91 Å². The Morgan fingerprint density at radius 3 is 2.71 bits per heavy atom. The molecule has 1 amide bonds. The van der Waals surface area contributed by atoms with Crippen LogP contribution in [0, 0.1) is 13.8 Å². The van der Waals surface area contributed by atoms with Crippen LogP contribution in [0.3, 0.4) is 0 Å². The van der Waals surface area contributed by atoms with Crippen LogP contribution in [0.25, 0.3) is 5.69 Å². The van der Waals surface area contributed by atoms with Crippen LogP contribution >= 0.6 is 11.6 Å². The molecule has 0 saturated heterocycles. The Morgan fingerprint density at radius 2 is 1.97 bits per heavy atom. The van der Waals surface area contributed by atoms with Crippen molar-refractivity contribution < 1.29 is 14.3 Å². The van der Waals surface area contributed by atoms with Crippen molar-refractivity contribution in [2.75, 3.05) is 26.9 Å². The summed E-state index contributed by atoms with van der Waals surface area (Å²) in [6.07, 6.45) is 1.60.